The fourth-order valence-corrected chi connectivity index (χ4v) is 1.45. The lowest BCUT2D eigenvalue weighted by molar-refractivity contribution is 0.168. The highest BCUT2D eigenvalue weighted by atomic mass is 16.3. The number of fused-ring (bicyclic) bond motifs is 1. The zero-order chi connectivity index (χ0) is 9.68. The summed E-state index contributed by atoms with van der Waals surface area (Å²) in [4.78, 5) is 0. The average molecular weight is 179 g/mol. The van der Waals surface area contributed by atoms with Crippen LogP contribution in [0.3, 0.4) is 0 Å². The van der Waals surface area contributed by atoms with E-state index in [0.29, 0.717) is 0 Å². The molecule has 2 N–H and O–H groups in total. The van der Waals surface area contributed by atoms with Crippen LogP contribution in [0, 0.1) is 0 Å². The van der Waals surface area contributed by atoms with Crippen LogP contribution in [0.5, 0.6) is 0 Å². The lowest BCUT2D eigenvalue weighted by Gasteiger charge is -2.22. The van der Waals surface area contributed by atoms with Gasteiger partial charge in [0.1, 0.15) is 0 Å². The zero-order valence-electron chi connectivity index (χ0n) is 8.25. The maximum Gasteiger partial charge on any atom is 0.0826 e. The van der Waals surface area contributed by atoms with Crippen molar-refractivity contribution in [3.05, 3.63) is 29.8 Å². The summed E-state index contributed by atoms with van der Waals surface area (Å²) in [5, 5.41) is 12.8. The average Bonchev–Trinajstić information content (AvgIpc) is 2.22. The highest BCUT2D eigenvalue weighted by Crippen LogP contribution is 2.28. The van der Waals surface area contributed by atoms with Crippen LogP contribution in [-0.4, -0.2) is 11.7 Å². The van der Waals surface area contributed by atoms with Crippen LogP contribution in [0.2, 0.25) is 0 Å². The number of hydrogen-bond donors (Lipinski definition) is 2. The molecule has 0 aromatic heterocycles. The van der Waals surface area contributed by atoms with E-state index in [0.717, 1.165) is 24.2 Å². The van der Waals surface area contributed by atoms with E-state index in [9.17, 15) is 5.11 Å². The van der Waals surface area contributed by atoms with Gasteiger partial charge in [-0.05, 0) is 12.5 Å². The Kier molecular flexibility index (Phi) is 3.77. The fourth-order valence-electron chi connectivity index (χ4n) is 1.45. The first-order valence-electron chi connectivity index (χ1n) is 4.89. The molecular weight excluding hydrogens is 162 g/mol. The van der Waals surface area contributed by atoms with Crippen molar-refractivity contribution in [2.75, 3.05) is 11.9 Å². The van der Waals surface area contributed by atoms with Gasteiger partial charge in [0, 0.05) is 17.8 Å². The van der Waals surface area contributed by atoms with Crippen LogP contribution in [0.25, 0.3) is 0 Å². The van der Waals surface area contributed by atoms with E-state index in [4.69, 9.17) is 0 Å². The van der Waals surface area contributed by atoms with E-state index in [-0.39, 0.29) is 6.10 Å². The molecule has 1 heterocycles. The Balaban J connectivity index is 0.000000396. The van der Waals surface area contributed by atoms with Gasteiger partial charge in [0.2, 0.25) is 0 Å². The zero-order valence-corrected chi connectivity index (χ0v) is 8.25. The fraction of sp³-hybridized carbons (Fsp3) is 0.455. The molecule has 1 atom stereocenters. The first-order chi connectivity index (χ1) is 6.38. The van der Waals surface area contributed by atoms with Crippen molar-refractivity contribution >= 4 is 5.69 Å². The Morgan fingerprint density at radius 1 is 1.31 bits per heavy atom. The minimum atomic E-state index is -0.271. The van der Waals surface area contributed by atoms with Gasteiger partial charge in [-0.1, -0.05) is 32.0 Å². The van der Waals surface area contributed by atoms with E-state index in [1.807, 2.05) is 38.1 Å². The molecule has 2 rings (SSSR count). The van der Waals surface area contributed by atoms with Gasteiger partial charge in [0.05, 0.1) is 6.10 Å². The third-order valence-electron chi connectivity index (χ3n) is 2.05. The molecular formula is C11H17NO. The quantitative estimate of drug-likeness (QED) is 0.641. The molecule has 2 nitrogen and oxygen atoms in total. The van der Waals surface area contributed by atoms with Crippen molar-refractivity contribution in [1.82, 2.24) is 0 Å². The number of hydrogen-bond acceptors (Lipinski definition) is 2. The first kappa shape index (κ1) is 10.1. The lowest BCUT2D eigenvalue weighted by atomic mass is 10.0. The number of aliphatic hydroxyl groups is 1. The third-order valence-corrected chi connectivity index (χ3v) is 2.05. The Bertz CT molecular complexity index is 260. The van der Waals surface area contributed by atoms with E-state index >= 15 is 0 Å². The second kappa shape index (κ2) is 4.87. The predicted octanol–water partition coefficient (Wildman–Crippen LogP) is 2.56. The molecule has 0 saturated carbocycles. The number of benzene rings is 1. The molecule has 2 heteroatoms. The minimum absolute atomic E-state index is 0.271. The number of nitrogens with one attached hydrogen (secondary N) is 1. The van der Waals surface area contributed by atoms with Crippen molar-refractivity contribution < 1.29 is 5.11 Å². The summed E-state index contributed by atoms with van der Waals surface area (Å²) in [5.41, 5.74) is 2.10. The maximum atomic E-state index is 9.52. The summed E-state index contributed by atoms with van der Waals surface area (Å²) in [6, 6.07) is 7.89. The molecule has 1 aliphatic rings. The maximum absolute atomic E-state index is 9.52. The molecule has 0 fully saturated rings. The summed E-state index contributed by atoms with van der Waals surface area (Å²) in [7, 11) is 0. The first-order valence-corrected chi connectivity index (χ1v) is 4.89. The van der Waals surface area contributed by atoms with Crippen molar-refractivity contribution in [2.24, 2.45) is 0 Å². The standard InChI is InChI=1S/C9H11NO.C2H6/c11-9-5-6-10-8-4-2-1-3-7(8)9;1-2/h1-4,9-11H,5-6H2;1-2H3. The molecule has 0 saturated heterocycles. The van der Waals surface area contributed by atoms with Crippen LogP contribution >= 0.6 is 0 Å². The molecule has 1 aromatic carbocycles. The second-order valence-corrected chi connectivity index (χ2v) is 2.82. The molecule has 13 heavy (non-hydrogen) atoms. The van der Waals surface area contributed by atoms with Gasteiger partial charge < -0.3 is 10.4 Å². The highest BCUT2D eigenvalue weighted by Gasteiger charge is 2.15. The Hall–Kier alpha value is -1.02. The van der Waals surface area contributed by atoms with Gasteiger partial charge >= 0.3 is 0 Å². The normalized spacial score (nSPS) is 19.2. The monoisotopic (exact) mass is 179 g/mol. The second-order valence-electron chi connectivity index (χ2n) is 2.82. The van der Waals surface area contributed by atoms with Gasteiger partial charge in [-0.25, -0.2) is 0 Å². The summed E-state index contributed by atoms with van der Waals surface area (Å²) < 4.78 is 0. The van der Waals surface area contributed by atoms with Crippen molar-refractivity contribution in [1.29, 1.82) is 0 Å². The highest BCUT2D eigenvalue weighted by molar-refractivity contribution is 5.53. The molecule has 1 aliphatic heterocycles. The van der Waals surface area contributed by atoms with Gasteiger partial charge in [-0.3, -0.25) is 0 Å². The van der Waals surface area contributed by atoms with E-state index in [1.165, 1.54) is 0 Å². The third kappa shape index (κ3) is 2.22. The lowest BCUT2D eigenvalue weighted by Crippen LogP contribution is -2.15. The van der Waals surface area contributed by atoms with E-state index < -0.39 is 0 Å². The summed E-state index contributed by atoms with van der Waals surface area (Å²) in [6.45, 7) is 4.87. The molecule has 0 radical (unpaired) electrons. The number of aliphatic hydroxyl groups excluding tert-OH is 1. The van der Waals surface area contributed by atoms with Crippen LogP contribution in [0.1, 0.15) is 31.9 Å². The van der Waals surface area contributed by atoms with Gasteiger partial charge in [-0.15, -0.1) is 0 Å². The number of rotatable bonds is 0. The van der Waals surface area contributed by atoms with Crippen molar-refractivity contribution in [2.45, 2.75) is 26.4 Å². The van der Waals surface area contributed by atoms with Crippen LogP contribution in [-0.2, 0) is 0 Å². The largest absolute Gasteiger partial charge is 0.388 e. The molecule has 0 aliphatic carbocycles. The molecule has 0 amide bonds. The molecule has 72 valence electrons. The van der Waals surface area contributed by atoms with E-state index in [2.05, 4.69) is 5.32 Å². The minimum Gasteiger partial charge on any atom is -0.388 e. The van der Waals surface area contributed by atoms with Crippen LogP contribution < -0.4 is 5.32 Å². The molecule has 0 spiro atoms. The summed E-state index contributed by atoms with van der Waals surface area (Å²) >= 11 is 0. The number of para-hydroxylation sites is 1. The Morgan fingerprint density at radius 3 is 2.69 bits per heavy atom. The van der Waals surface area contributed by atoms with Crippen molar-refractivity contribution in [3.63, 3.8) is 0 Å². The Morgan fingerprint density at radius 2 is 2.00 bits per heavy atom. The molecule has 1 unspecified atom stereocenters. The van der Waals surface area contributed by atoms with Crippen molar-refractivity contribution in [3.8, 4) is 0 Å². The topological polar surface area (TPSA) is 32.3 Å². The number of anilines is 1. The smallest absolute Gasteiger partial charge is 0.0826 e. The molecule has 1 aromatic rings. The van der Waals surface area contributed by atoms with Gasteiger partial charge in [0.15, 0.2) is 0 Å². The van der Waals surface area contributed by atoms with E-state index in [1.54, 1.807) is 0 Å². The van der Waals surface area contributed by atoms with Crippen LogP contribution in [0.15, 0.2) is 24.3 Å². The van der Waals surface area contributed by atoms with Crippen LogP contribution in [0.4, 0.5) is 5.69 Å². The summed E-state index contributed by atoms with van der Waals surface area (Å²) in [6.07, 6.45) is 0.546. The SMILES string of the molecule is CC.OC1CCNc2ccccc21. The van der Waals surface area contributed by atoms with Gasteiger partial charge in [0.25, 0.3) is 0 Å². The summed E-state index contributed by atoms with van der Waals surface area (Å²) in [5.74, 6) is 0. The predicted molar refractivity (Wildman–Crippen MR) is 55.9 cm³/mol. The Labute approximate surface area is 79.6 Å². The van der Waals surface area contributed by atoms with Gasteiger partial charge in [-0.2, -0.15) is 0 Å². The molecule has 0 bridgehead atoms.